The molecule has 0 aliphatic carbocycles. The van der Waals surface area contributed by atoms with Crippen molar-refractivity contribution in [1.82, 2.24) is 4.98 Å². The van der Waals surface area contributed by atoms with Crippen molar-refractivity contribution in [3.05, 3.63) is 63.3 Å². The van der Waals surface area contributed by atoms with Crippen molar-refractivity contribution in [3.63, 3.8) is 0 Å². The third kappa shape index (κ3) is 3.53. The molecule has 1 aromatic heterocycles. The van der Waals surface area contributed by atoms with Gasteiger partial charge in [-0.25, -0.2) is 9.78 Å². The quantitative estimate of drug-likeness (QED) is 0.646. The number of carboxylic acid groups (broad SMARTS) is 1. The zero-order valence-electron chi connectivity index (χ0n) is 11.2. The molecule has 0 amide bonds. The van der Waals surface area contributed by atoms with Gasteiger partial charge in [0.2, 0.25) is 0 Å². The summed E-state index contributed by atoms with van der Waals surface area (Å²) in [7, 11) is 0. The normalized spacial score (nSPS) is 10.1. The van der Waals surface area contributed by atoms with E-state index in [1.54, 1.807) is 0 Å². The van der Waals surface area contributed by atoms with Crippen molar-refractivity contribution < 1.29 is 14.8 Å². The van der Waals surface area contributed by atoms with Gasteiger partial charge >= 0.3 is 11.7 Å². The Labute approximate surface area is 120 Å². The van der Waals surface area contributed by atoms with E-state index in [0.717, 1.165) is 23.4 Å². The number of carbonyl (C=O) groups is 1. The van der Waals surface area contributed by atoms with Gasteiger partial charge in [-0.2, -0.15) is 0 Å². The number of hydrogen-bond donors (Lipinski definition) is 2. The Bertz CT molecular complexity index is 683. The molecular weight excluding hydrogens is 274 g/mol. The highest BCUT2D eigenvalue weighted by atomic mass is 16.6. The van der Waals surface area contributed by atoms with Crippen LogP contribution in [0.5, 0.6) is 0 Å². The number of benzene rings is 1. The lowest BCUT2D eigenvalue weighted by Crippen LogP contribution is -2.07. The van der Waals surface area contributed by atoms with Gasteiger partial charge in [-0.05, 0) is 12.5 Å². The summed E-state index contributed by atoms with van der Waals surface area (Å²) in [6.07, 6.45) is 0.945. The summed E-state index contributed by atoms with van der Waals surface area (Å²) < 4.78 is 0. The predicted octanol–water partition coefficient (Wildman–Crippen LogP) is 2.61. The molecule has 0 spiro atoms. The molecule has 2 N–H and O–H groups in total. The van der Waals surface area contributed by atoms with Crippen LogP contribution in [0, 0.1) is 17.0 Å². The molecule has 0 aliphatic heterocycles. The van der Waals surface area contributed by atoms with Crippen LogP contribution >= 0.6 is 0 Å². The molecule has 1 heterocycles. The van der Waals surface area contributed by atoms with E-state index in [1.165, 1.54) is 0 Å². The zero-order chi connectivity index (χ0) is 15.4. The van der Waals surface area contributed by atoms with E-state index in [2.05, 4.69) is 10.3 Å². The Balaban J connectivity index is 2.17. The van der Waals surface area contributed by atoms with Gasteiger partial charge in [-0.3, -0.25) is 10.1 Å². The number of anilines is 1. The van der Waals surface area contributed by atoms with Crippen molar-refractivity contribution in [1.29, 1.82) is 0 Å². The Hall–Kier alpha value is -2.96. The maximum absolute atomic E-state index is 11.0. The van der Waals surface area contributed by atoms with Crippen LogP contribution in [0.1, 0.15) is 21.5 Å². The predicted molar refractivity (Wildman–Crippen MR) is 76.4 cm³/mol. The summed E-state index contributed by atoms with van der Waals surface area (Å²) in [5.74, 6) is -1.08. The van der Waals surface area contributed by atoms with Gasteiger partial charge in [0.15, 0.2) is 0 Å². The van der Waals surface area contributed by atoms with Gasteiger partial charge in [0.1, 0.15) is 17.6 Å². The molecule has 0 saturated heterocycles. The highest BCUT2D eigenvalue weighted by molar-refractivity contribution is 5.93. The fourth-order valence-corrected chi connectivity index (χ4v) is 1.76. The van der Waals surface area contributed by atoms with Crippen molar-refractivity contribution >= 4 is 17.5 Å². The second-order valence-corrected chi connectivity index (χ2v) is 4.49. The van der Waals surface area contributed by atoms with Crippen molar-refractivity contribution in [2.45, 2.75) is 13.5 Å². The maximum atomic E-state index is 11.0. The molecule has 7 heteroatoms. The maximum Gasteiger partial charge on any atom is 0.342 e. The summed E-state index contributed by atoms with van der Waals surface area (Å²) in [5.41, 5.74) is 1.22. The van der Waals surface area contributed by atoms with Crippen molar-refractivity contribution in [2.24, 2.45) is 0 Å². The monoisotopic (exact) mass is 287 g/mol. The third-order valence-electron chi connectivity index (χ3n) is 2.90. The average Bonchev–Trinajstić information content (AvgIpc) is 2.46. The highest BCUT2D eigenvalue weighted by Crippen LogP contribution is 2.20. The largest absolute Gasteiger partial charge is 0.477 e. The standard InChI is InChI=1S/C14H13N3O4/c1-9-2-4-10(5-3-9)7-15-13-6-11(14(18)19)12(8-16-13)17(20)21/h2-6,8H,7H2,1H3,(H,15,16)(H,18,19). The van der Waals surface area contributed by atoms with E-state index in [-0.39, 0.29) is 11.4 Å². The van der Waals surface area contributed by atoms with E-state index in [1.807, 2.05) is 31.2 Å². The van der Waals surface area contributed by atoms with Crippen LogP contribution in [-0.2, 0) is 6.54 Å². The Morgan fingerprint density at radius 1 is 1.38 bits per heavy atom. The number of aryl methyl sites for hydroxylation is 1. The number of rotatable bonds is 5. The Kier molecular flexibility index (Phi) is 4.13. The molecule has 0 unspecified atom stereocenters. The van der Waals surface area contributed by atoms with Crippen LogP contribution in [0.2, 0.25) is 0 Å². The molecule has 0 saturated carbocycles. The number of aromatic carboxylic acids is 1. The van der Waals surface area contributed by atoms with E-state index in [0.29, 0.717) is 6.54 Å². The van der Waals surface area contributed by atoms with Gasteiger partial charge in [-0.1, -0.05) is 29.8 Å². The van der Waals surface area contributed by atoms with Crippen LogP contribution in [-0.4, -0.2) is 21.0 Å². The van der Waals surface area contributed by atoms with Gasteiger partial charge in [-0.15, -0.1) is 0 Å². The first-order chi connectivity index (χ1) is 9.97. The van der Waals surface area contributed by atoms with Crippen molar-refractivity contribution in [3.8, 4) is 0 Å². The lowest BCUT2D eigenvalue weighted by atomic mass is 10.1. The minimum atomic E-state index is -1.36. The van der Waals surface area contributed by atoms with E-state index >= 15 is 0 Å². The van der Waals surface area contributed by atoms with Crippen LogP contribution < -0.4 is 5.32 Å². The first kappa shape index (κ1) is 14.4. The van der Waals surface area contributed by atoms with Gasteiger partial charge in [0.25, 0.3) is 0 Å². The molecule has 0 bridgehead atoms. The summed E-state index contributed by atoms with van der Waals surface area (Å²) >= 11 is 0. The minimum absolute atomic E-state index is 0.276. The topological polar surface area (TPSA) is 105 Å². The summed E-state index contributed by atoms with van der Waals surface area (Å²) in [6, 6.07) is 8.96. The Morgan fingerprint density at radius 2 is 2.05 bits per heavy atom. The molecule has 0 atom stereocenters. The van der Waals surface area contributed by atoms with E-state index in [9.17, 15) is 14.9 Å². The van der Waals surface area contributed by atoms with Crippen LogP contribution in [0.15, 0.2) is 36.5 Å². The molecule has 0 fully saturated rings. The number of pyridine rings is 1. The molecule has 2 aromatic rings. The van der Waals surface area contributed by atoms with Gasteiger partial charge in [0.05, 0.1) is 4.92 Å². The molecule has 2 rings (SSSR count). The fraction of sp³-hybridized carbons (Fsp3) is 0.143. The summed E-state index contributed by atoms with van der Waals surface area (Å²) in [6.45, 7) is 2.43. The first-order valence-corrected chi connectivity index (χ1v) is 6.14. The van der Waals surface area contributed by atoms with Crippen LogP contribution in [0.25, 0.3) is 0 Å². The first-order valence-electron chi connectivity index (χ1n) is 6.14. The second kappa shape index (κ2) is 6.00. The van der Waals surface area contributed by atoms with Crippen LogP contribution in [0.3, 0.4) is 0 Å². The van der Waals surface area contributed by atoms with Gasteiger partial charge in [0, 0.05) is 12.6 Å². The lowest BCUT2D eigenvalue weighted by molar-refractivity contribution is -0.385. The number of nitrogens with zero attached hydrogens (tertiary/aromatic N) is 2. The number of aromatic nitrogens is 1. The zero-order valence-corrected chi connectivity index (χ0v) is 11.2. The number of nitro groups is 1. The molecule has 7 nitrogen and oxygen atoms in total. The SMILES string of the molecule is Cc1ccc(CNc2cc(C(=O)O)c([N+](=O)[O-])cn2)cc1. The molecule has 108 valence electrons. The summed E-state index contributed by atoms with van der Waals surface area (Å²) in [4.78, 5) is 24.9. The highest BCUT2D eigenvalue weighted by Gasteiger charge is 2.20. The average molecular weight is 287 g/mol. The molecule has 21 heavy (non-hydrogen) atoms. The fourth-order valence-electron chi connectivity index (χ4n) is 1.76. The molecule has 1 aromatic carbocycles. The summed E-state index contributed by atoms with van der Waals surface area (Å²) in [5, 5.41) is 22.7. The smallest absolute Gasteiger partial charge is 0.342 e. The Morgan fingerprint density at radius 3 is 2.62 bits per heavy atom. The lowest BCUT2D eigenvalue weighted by Gasteiger charge is -2.07. The second-order valence-electron chi connectivity index (χ2n) is 4.49. The van der Waals surface area contributed by atoms with E-state index < -0.39 is 16.6 Å². The van der Waals surface area contributed by atoms with E-state index in [4.69, 9.17) is 5.11 Å². The van der Waals surface area contributed by atoms with Gasteiger partial charge < -0.3 is 10.4 Å². The minimum Gasteiger partial charge on any atom is -0.477 e. The number of carboxylic acids is 1. The molecule has 0 aliphatic rings. The molecular formula is C14H13N3O4. The number of nitrogens with one attached hydrogen (secondary N) is 1. The van der Waals surface area contributed by atoms with Crippen molar-refractivity contribution in [2.75, 3.05) is 5.32 Å². The molecule has 0 radical (unpaired) electrons. The third-order valence-corrected chi connectivity index (χ3v) is 2.90. The van der Waals surface area contributed by atoms with Crippen LogP contribution in [0.4, 0.5) is 11.5 Å². The number of hydrogen-bond acceptors (Lipinski definition) is 5.